The Morgan fingerprint density at radius 1 is 0.825 bits per heavy atom. The number of anilines is 1. The fourth-order valence-corrected chi connectivity index (χ4v) is 5.66. The van der Waals surface area contributed by atoms with Crippen molar-refractivity contribution < 1.29 is 14.3 Å². The predicted octanol–water partition coefficient (Wildman–Crippen LogP) is 4.50. The van der Waals surface area contributed by atoms with Gasteiger partial charge in [-0.05, 0) is 42.5 Å². The molecule has 0 bridgehead atoms. The van der Waals surface area contributed by atoms with E-state index in [0.29, 0.717) is 49.9 Å². The van der Waals surface area contributed by atoms with Crippen LogP contribution >= 0.6 is 11.6 Å². The van der Waals surface area contributed by atoms with Gasteiger partial charge in [-0.15, -0.1) is 11.6 Å². The third-order valence-corrected chi connectivity index (χ3v) is 7.73. The van der Waals surface area contributed by atoms with E-state index in [1.807, 2.05) is 66.7 Å². The Kier molecular flexibility index (Phi) is 7.73. The molecule has 0 N–H and O–H groups in total. The maximum atomic E-state index is 13.7. The van der Waals surface area contributed by atoms with E-state index in [2.05, 4.69) is 19.8 Å². The SMILES string of the molecule is O=C1c2cccc3c(N4CCOCC4)ccc(c23)C(=O)N1CCN(Cc1ccccn1)Cc1cccc(CCl)n1. The molecule has 1 saturated heterocycles. The van der Waals surface area contributed by atoms with Gasteiger partial charge in [-0.25, -0.2) is 0 Å². The topological polar surface area (TPSA) is 78.9 Å². The van der Waals surface area contributed by atoms with Crippen molar-refractivity contribution in [2.75, 3.05) is 44.3 Å². The fraction of sp³-hybridized carbons (Fsp3) is 0.290. The fourth-order valence-electron chi connectivity index (χ4n) is 5.51. The van der Waals surface area contributed by atoms with Crippen LogP contribution in [0.25, 0.3) is 10.8 Å². The number of morpholine rings is 1. The maximum absolute atomic E-state index is 13.7. The van der Waals surface area contributed by atoms with Gasteiger partial charge in [0.2, 0.25) is 0 Å². The highest BCUT2D eigenvalue weighted by atomic mass is 35.5. The number of amides is 2. The number of alkyl halides is 1. The highest BCUT2D eigenvalue weighted by molar-refractivity contribution is 6.26. The van der Waals surface area contributed by atoms with Crippen molar-refractivity contribution >= 4 is 39.9 Å². The molecule has 2 aromatic carbocycles. The summed E-state index contributed by atoms with van der Waals surface area (Å²) in [6.45, 7) is 4.69. The summed E-state index contributed by atoms with van der Waals surface area (Å²) in [5, 5.41) is 1.67. The first-order chi connectivity index (χ1) is 19.6. The molecule has 1 fully saturated rings. The molecule has 0 radical (unpaired) electrons. The lowest BCUT2D eigenvalue weighted by molar-refractivity contribution is 0.0588. The normalized spacial score (nSPS) is 15.3. The molecule has 8 nitrogen and oxygen atoms in total. The van der Waals surface area contributed by atoms with Crippen LogP contribution in [-0.4, -0.2) is 71.0 Å². The number of halogens is 1. The summed E-state index contributed by atoms with van der Waals surface area (Å²) in [5.74, 6) is -0.187. The molecule has 2 amide bonds. The van der Waals surface area contributed by atoms with Crippen LogP contribution in [0.3, 0.4) is 0 Å². The summed E-state index contributed by atoms with van der Waals surface area (Å²) in [6, 6.07) is 21.2. The van der Waals surface area contributed by atoms with Crippen molar-refractivity contribution in [1.82, 2.24) is 19.8 Å². The first kappa shape index (κ1) is 26.4. The largest absolute Gasteiger partial charge is 0.378 e. The highest BCUT2D eigenvalue weighted by Gasteiger charge is 2.34. The van der Waals surface area contributed by atoms with Crippen LogP contribution in [0, 0.1) is 0 Å². The lowest BCUT2D eigenvalue weighted by atomic mass is 9.92. The molecule has 6 rings (SSSR count). The van der Waals surface area contributed by atoms with E-state index >= 15 is 0 Å². The van der Waals surface area contributed by atoms with Crippen LogP contribution in [0.5, 0.6) is 0 Å². The van der Waals surface area contributed by atoms with Crippen molar-refractivity contribution in [1.29, 1.82) is 0 Å². The van der Waals surface area contributed by atoms with Crippen LogP contribution in [0.1, 0.15) is 37.8 Å². The Bertz CT molecular complexity index is 1520. The van der Waals surface area contributed by atoms with Crippen molar-refractivity contribution in [3.05, 3.63) is 101 Å². The first-order valence-corrected chi connectivity index (χ1v) is 14.0. The van der Waals surface area contributed by atoms with Crippen molar-refractivity contribution in [3.63, 3.8) is 0 Å². The molecule has 204 valence electrons. The zero-order valence-corrected chi connectivity index (χ0v) is 22.9. The van der Waals surface area contributed by atoms with Crippen LogP contribution in [0.4, 0.5) is 5.69 Å². The van der Waals surface area contributed by atoms with Gasteiger partial charge in [0.1, 0.15) is 0 Å². The summed E-state index contributed by atoms with van der Waals surface area (Å²) >= 11 is 6.01. The highest BCUT2D eigenvalue weighted by Crippen LogP contribution is 2.36. The Hall–Kier alpha value is -3.85. The predicted molar refractivity (Wildman–Crippen MR) is 154 cm³/mol. The molecule has 0 spiro atoms. The third kappa shape index (κ3) is 5.30. The molecule has 0 unspecified atom stereocenters. The lowest BCUT2D eigenvalue weighted by Crippen LogP contribution is -2.44. The van der Waals surface area contributed by atoms with E-state index in [1.54, 1.807) is 6.20 Å². The van der Waals surface area contributed by atoms with Gasteiger partial charge >= 0.3 is 0 Å². The number of ether oxygens (including phenoxy) is 1. The van der Waals surface area contributed by atoms with E-state index in [9.17, 15) is 9.59 Å². The average Bonchev–Trinajstić information content (AvgIpc) is 3.00. The zero-order valence-electron chi connectivity index (χ0n) is 22.1. The molecule has 2 aliphatic heterocycles. The van der Waals surface area contributed by atoms with E-state index in [4.69, 9.17) is 16.3 Å². The molecule has 40 heavy (non-hydrogen) atoms. The monoisotopic (exact) mass is 555 g/mol. The standard InChI is InChI=1S/C31H30ClN5O3/c32-19-22-6-3-7-24(34-22)21-35(20-23-5-1-2-12-33-23)13-14-37-30(38)26-9-4-8-25-28(36-15-17-40-18-16-36)11-10-27(29(25)26)31(37)39/h1-12H,13-21H2. The van der Waals surface area contributed by atoms with Gasteiger partial charge in [-0.3, -0.25) is 29.4 Å². The molecular formula is C31H30ClN5O3. The van der Waals surface area contributed by atoms with E-state index < -0.39 is 0 Å². The average molecular weight is 556 g/mol. The first-order valence-electron chi connectivity index (χ1n) is 13.5. The van der Waals surface area contributed by atoms with Crippen molar-refractivity contribution in [3.8, 4) is 0 Å². The Morgan fingerprint density at radius 3 is 2.33 bits per heavy atom. The molecule has 0 aliphatic carbocycles. The molecule has 4 aromatic rings. The number of pyridine rings is 2. The molecular weight excluding hydrogens is 526 g/mol. The molecule has 2 aromatic heterocycles. The minimum atomic E-state index is -0.262. The Morgan fingerprint density at radius 2 is 1.55 bits per heavy atom. The number of benzene rings is 2. The van der Waals surface area contributed by atoms with Gasteiger partial charge < -0.3 is 9.64 Å². The second-order valence-corrected chi connectivity index (χ2v) is 10.3. The van der Waals surface area contributed by atoms with Crippen LogP contribution in [0.2, 0.25) is 0 Å². The summed E-state index contributed by atoms with van der Waals surface area (Å²) < 4.78 is 5.52. The summed E-state index contributed by atoms with van der Waals surface area (Å²) in [6.07, 6.45) is 1.76. The third-order valence-electron chi connectivity index (χ3n) is 7.46. The number of carbonyl (C=O) groups is 2. The smallest absolute Gasteiger partial charge is 0.261 e. The number of carbonyl (C=O) groups excluding carboxylic acids is 2. The van der Waals surface area contributed by atoms with Gasteiger partial charge in [0, 0.05) is 73.1 Å². The maximum Gasteiger partial charge on any atom is 0.261 e. The molecule has 2 aliphatic rings. The van der Waals surface area contributed by atoms with E-state index in [0.717, 1.165) is 46.6 Å². The second kappa shape index (κ2) is 11.7. The number of hydrogen-bond acceptors (Lipinski definition) is 7. The number of hydrogen-bond donors (Lipinski definition) is 0. The minimum Gasteiger partial charge on any atom is -0.378 e. The number of imide groups is 1. The second-order valence-electron chi connectivity index (χ2n) is 10.0. The van der Waals surface area contributed by atoms with Gasteiger partial charge in [0.15, 0.2) is 0 Å². The summed E-state index contributed by atoms with van der Waals surface area (Å²) in [7, 11) is 0. The quantitative estimate of drug-likeness (QED) is 0.222. The van der Waals surface area contributed by atoms with Gasteiger partial charge in [-0.1, -0.05) is 24.3 Å². The lowest BCUT2D eigenvalue weighted by Gasteiger charge is -2.33. The van der Waals surface area contributed by atoms with Crippen molar-refractivity contribution in [2.24, 2.45) is 0 Å². The Labute approximate surface area is 238 Å². The molecule has 9 heteroatoms. The molecule has 0 saturated carbocycles. The van der Waals surface area contributed by atoms with E-state index in [-0.39, 0.29) is 18.4 Å². The van der Waals surface area contributed by atoms with Crippen LogP contribution in [0.15, 0.2) is 72.9 Å². The molecule has 4 heterocycles. The van der Waals surface area contributed by atoms with Gasteiger partial charge in [0.05, 0.1) is 36.2 Å². The molecule has 0 atom stereocenters. The Balaban J connectivity index is 1.26. The van der Waals surface area contributed by atoms with Crippen molar-refractivity contribution in [2.45, 2.75) is 19.0 Å². The number of aromatic nitrogens is 2. The van der Waals surface area contributed by atoms with E-state index in [1.165, 1.54) is 4.90 Å². The number of rotatable bonds is 9. The summed E-state index contributed by atoms with van der Waals surface area (Å²) in [5.41, 5.74) is 4.74. The number of nitrogens with zero attached hydrogens (tertiary/aromatic N) is 5. The van der Waals surface area contributed by atoms with Gasteiger partial charge in [-0.2, -0.15) is 0 Å². The van der Waals surface area contributed by atoms with Crippen LogP contribution < -0.4 is 4.90 Å². The van der Waals surface area contributed by atoms with Gasteiger partial charge in [0.25, 0.3) is 11.8 Å². The zero-order chi connectivity index (χ0) is 27.5. The minimum absolute atomic E-state index is 0.251. The van der Waals surface area contributed by atoms with Crippen LogP contribution in [-0.2, 0) is 23.7 Å². The summed E-state index contributed by atoms with van der Waals surface area (Å²) in [4.78, 5) is 42.4.